The van der Waals surface area contributed by atoms with Crippen LogP contribution in [0.2, 0.25) is 0 Å². The normalized spacial score (nSPS) is 16.7. The van der Waals surface area contributed by atoms with Crippen LogP contribution in [0.3, 0.4) is 0 Å². The average molecular weight is 363 g/mol. The van der Waals surface area contributed by atoms with E-state index in [9.17, 15) is 13.2 Å². The number of amides is 1. The van der Waals surface area contributed by atoms with Gasteiger partial charge in [0.25, 0.3) is 5.91 Å². The SMILES string of the molecule is C[C@H](NC(=O)c1cccc(S(=O)(=O)N2CCCC2)c1)c1nncn1C. The Morgan fingerprint density at radius 3 is 2.64 bits per heavy atom. The number of sulfonamides is 1. The smallest absolute Gasteiger partial charge is 0.251 e. The molecular weight excluding hydrogens is 342 g/mol. The molecule has 0 saturated carbocycles. The van der Waals surface area contributed by atoms with Crippen LogP contribution < -0.4 is 5.32 Å². The van der Waals surface area contributed by atoms with E-state index in [-0.39, 0.29) is 16.8 Å². The lowest BCUT2D eigenvalue weighted by molar-refractivity contribution is 0.0937. The summed E-state index contributed by atoms with van der Waals surface area (Å²) in [5, 5.41) is 10.6. The number of hydrogen-bond acceptors (Lipinski definition) is 5. The summed E-state index contributed by atoms with van der Waals surface area (Å²) in [6.45, 7) is 2.86. The lowest BCUT2D eigenvalue weighted by Crippen LogP contribution is -2.30. The van der Waals surface area contributed by atoms with Gasteiger partial charge in [-0.2, -0.15) is 4.31 Å². The first-order valence-electron chi connectivity index (χ1n) is 8.14. The zero-order valence-corrected chi connectivity index (χ0v) is 15.0. The van der Waals surface area contributed by atoms with E-state index in [2.05, 4.69) is 15.5 Å². The second kappa shape index (κ2) is 6.93. The van der Waals surface area contributed by atoms with Gasteiger partial charge in [0, 0.05) is 25.7 Å². The van der Waals surface area contributed by atoms with Crippen LogP contribution in [-0.2, 0) is 17.1 Å². The third kappa shape index (κ3) is 3.57. The molecule has 2 heterocycles. The van der Waals surface area contributed by atoms with E-state index in [4.69, 9.17) is 0 Å². The Balaban J connectivity index is 1.79. The molecule has 1 aliphatic rings. The van der Waals surface area contributed by atoms with Crippen LogP contribution in [0, 0.1) is 0 Å². The second-order valence-corrected chi connectivity index (χ2v) is 8.07. The fourth-order valence-corrected chi connectivity index (χ4v) is 4.47. The number of benzene rings is 1. The van der Waals surface area contributed by atoms with Gasteiger partial charge in [0.15, 0.2) is 5.82 Å². The number of aryl methyl sites for hydroxylation is 1. The highest BCUT2D eigenvalue weighted by molar-refractivity contribution is 7.89. The van der Waals surface area contributed by atoms with Crippen LogP contribution in [-0.4, -0.2) is 46.5 Å². The number of rotatable bonds is 5. The van der Waals surface area contributed by atoms with Crippen molar-refractivity contribution in [3.63, 3.8) is 0 Å². The van der Waals surface area contributed by atoms with E-state index in [1.165, 1.54) is 16.4 Å². The van der Waals surface area contributed by atoms with Crippen LogP contribution in [0.5, 0.6) is 0 Å². The highest BCUT2D eigenvalue weighted by atomic mass is 32.2. The zero-order valence-electron chi connectivity index (χ0n) is 14.2. The molecule has 1 aromatic carbocycles. The largest absolute Gasteiger partial charge is 0.342 e. The quantitative estimate of drug-likeness (QED) is 0.858. The van der Waals surface area contributed by atoms with Gasteiger partial charge in [0.2, 0.25) is 10.0 Å². The molecule has 1 aliphatic heterocycles. The predicted octanol–water partition coefficient (Wildman–Crippen LogP) is 1.09. The van der Waals surface area contributed by atoms with Gasteiger partial charge in [-0.1, -0.05) is 6.07 Å². The number of carbonyl (C=O) groups is 1. The molecule has 0 radical (unpaired) electrons. The van der Waals surface area contributed by atoms with Crippen molar-refractivity contribution in [2.24, 2.45) is 7.05 Å². The average Bonchev–Trinajstić information content (AvgIpc) is 3.26. The van der Waals surface area contributed by atoms with E-state index in [1.807, 2.05) is 0 Å². The predicted molar refractivity (Wildman–Crippen MR) is 91.3 cm³/mol. The van der Waals surface area contributed by atoms with E-state index in [0.717, 1.165) is 12.8 Å². The maximum atomic E-state index is 12.6. The minimum atomic E-state index is -3.55. The molecule has 0 unspecified atom stereocenters. The Labute approximate surface area is 146 Å². The third-order valence-corrected chi connectivity index (χ3v) is 6.17. The topological polar surface area (TPSA) is 97.2 Å². The highest BCUT2D eigenvalue weighted by Gasteiger charge is 2.27. The summed E-state index contributed by atoms with van der Waals surface area (Å²) in [5.74, 6) is 0.267. The van der Waals surface area contributed by atoms with Crippen LogP contribution in [0.15, 0.2) is 35.5 Å². The molecule has 2 aromatic rings. The summed E-state index contributed by atoms with van der Waals surface area (Å²) < 4.78 is 28.5. The number of carbonyl (C=O) groups excluding carboxylic acids is 1. The van der Waals surface area contributed by atoms with Crippen LogP contribution in [0.25, 0.3) is 0 Å². The van der Waals surface area contributed by atoms with Crippen molar-refractivity contribution in [1.29, 1.82) is 0 Å². The van der Waals surface area contributed by atoms with Gasteiger partial charge in [-0.15, -0.1) is 10.2 Å². The van der Waals surface area contributed by atoms with Crippen LogP contribution >= 0.6 is 0 Å². The maximum absolute atomic E-state index is 12.6. The molecular formula is C16H21N5O3S. The molecule has 9 heteroatoms. The molecule has 0 spiro atoms. The van der Waals surface area contributed by atoms with Crippen molar-refractivity contribution in [1.82, 2.24) is 24.4 Å². The van der Waals surface area contributed by atoms with E-state index in [0.29, 0.717) is 24.5 Å². The first-order valence-corrected chi connectivity index (χ1v) is 9.58. The highest BCUT2D eigenvalue weighted by Crippen LogP contribution is 2.21. The third-order valence-electron chi connectivity index (χ3n) is 4.28. The van der Waals surface area contributed by atoms with Crippen molar-refractivity contribution in [2.75, 3.05) is 13.1 Å². The van der Waals surface area contributed by atoms with Crippen molar-refractivity contribution in [3.05, 3.63) is 42.0 Å². The molecule has 0 aliphatic carbocycles. The van der Waals surface area contributed by atoms with Gasteiger partial charge < -0.3 is 9.88 Å². The van der Waals surface area contributed by atoms with Crippen molar-refractivity contribution >= 4 is 15.9 Å². The summed E-state index contributed by atoms with van der Waals surface area (Å²) in [5.41, 5.74) is 0.300. The minimum absolute atomic E-state index is 0.147. The molecule has 8 nitrogen and oxygen atoms in total. The molecule has 0 bridgehead atoms. The number of hydrogen-bond donors (Lipinski definition) is 1. The first kappa shape index (κ1) is 17.6. The number of nitrogens with one attached hydrogen (secondary N) is 1. The molecule has 25 heavy (non-hydrogen) atoms. The second-order valence-electron chi connectivity index (χ2n) is 6.13. The Kier molecular flexibility index (Phi) is 4.87. The molecule has 1 aromatic heterocycles. The Hall–Kier alpha value is -2.26. The molecule has 134 valence electrons. The lowest BCUT2D eigenvalue weighted by atomic mass is 10.2. The van der Waals surface area contributed by atoms with E-state index < -0.39 is 10.0 Å². The van der Waals surface area contributed by atoms with Crippen LogP contribution in [0.1, 0.15) is 42.0 Å². The summed E-state index contributed by atoms with van der Waals surface area (Å²) in [7, 11) is -1.75. The van der Waals surface area contributed by atoms with Crippen molar-refractivity contribution in [2.45, 2.75) is 30.7 Å². The fourth-order valence-electron chi connectivity index (χ4n) is 2.90. The Morgan fingerprint density at radius 1 is 1.28 bits per heavy atom. The summed E-state index contributed by atoms with van der Waals surface area (Å²) in [4.78, 5) is 12.6. The van der Waals surface area contributed by atoms with Gasteiger partial charge in [0.05, 0.1) is 10.9 Å². The molecule has 1 atom stereocenters. The van der Waals surface area contributed by atoms with Crippen molar-refractivity contribution < 1.29 is 13.2 Å². The zero-order chi connectivity index (χ0) is 18.0. The summed E-state index contributed by atoms with van der Waals surface area (Å²) in [6, 6.07) is 5.79. The van der Waals surface area contributed by atoms with E-state index >= 15 is 0 Å². The minimum Gasteiger partial charge on any atom is -0.342 e. The van der Waals surface area contributed by atoms with Gasteiger partial charge in [-0.25, -0.2) is 8.42 Å². The first-order chi connectivity index (χ1) is 11.9. The molecule has 1 saturated heterocycles. The fraction of sp³-hybridized carbons (Fsp3) is 0.438. The van der Waals surface area contributed by atoms with Crippen molar-refractivity contribution in [3.8, 4) is 0 Å². The Morgan fingerprint density at radius 2 is 2.00 bits per heavy atom. The summed E-state index contributed by atoms with van der Waals surface area (Å²) >= 11 is 0. The monoisotopic (exact) mass is 363 g/mol. The van der Waals surface area contributed by atoms with Gasteiger partial charge in [0.1, 0.15) is 6.33 Å². The van der Waals surface area contributed by atoms with Crippen LogP contribution in [0.4, 0.5) is 0 Å². The van der Waals surface area contributed by atoms with Gasteiger partial charge in [-0.05, 0) is 38.0 Å². The lowest BCUT2D eigenvalue weighted by Gasteiger charge is -2.16. The molecule has 1 N–H and O–H groups in total. The number of aromatic nitrogens is 3. The standard InChI is InChI=1S/C16H21N5O3S/c1-12(15-19-17-11-20(15)2)18-16(22)13-6-5-7-14(10-13)25(23,24)21-8-3-4-9-21/h5-7,10-12H,3-4,8-9H2,1-2H3,(H,18,22)/t12-/m0/s1. The molecule has 1 fully saturated rings. The number of nitrogens with zero attached hydrogens (tertiary/aromatic N) is 4. The maximum Gasteiger partial charge on any atom is 0.251 e. The van der Waals surface area contributed by atoms with Gasteiger partial charge >= 0.3 is 0 Å². The molecule has 1 amide bonds. The summed E-state index contributed by atoms with van der Waals surface area (Å²) in [6.07, 6.45) is 3.30. The Bertz CT molecular complexity index is 871. The molecule has 3 rings (SSSR count). The van der Waals surface area contributed by atoms with Gasteiger partial charge in [-0.3, -0.25) is 4.79 Å². The van der Waals surface area contributed by atoms with E-state index in [1.54, 1.807) is 37.0 Å².